The van der Waals surface area contributed by atoms with Crippen molar-refractivity contribution in [2.75, 3.05) is 25.1 Å². The van der Waals surface area contributed by atoms with Crippen LogP contribution in [-0.4, -0.2) is 40.8 Å². The number of ether oxygens (including phenoxy) is 2. The van der Waals surface area contributed by atoms with Crippen molar-refractivity contribution in [1.29, 1.82) is 0 Å². The number of hydrogen-bond acceptors (Lipinski definition) is 6. The van der Waals surface area contributed by atoms with Gasteiger partial charge < -0.3 is 9.47 Å². The minimum absolute atomic E-state index is 0.0355. The van der Waals surface area contributed by atoms with Gasteiger partial charge in [0.05, 0.1) is 24.8 Å². The monoisotopic (exact) mass is 473 g/mol. The lowest BCUT2D eigenvalue weighted by Crippen LogP contribution is -2.40. The normalized spacial score (nSPS) is 14.5. The van der Waals surface area contributed by atoms with E-state index < -0.39 is 22.5 Å². The average Bonchev–Trinajstić information content (AvgIpc) is 2.81. The number of anilines is 1. The van der Waals surface area contributed by atoms with Gasteiger partial charge in [0.2, 0.25) is 0 Å². The molecule has 3 rings (SSSR count). The summed E-state index contributed by atoms with van der Waals surface area (Å²) in [6.07, 6.45) is 7.35. The number of rotatable bonds is 8. The Bertz CT molecular complexity index is 1060. The second kappa shape index (κ2) is 11.7. The smallest absolute Gasteiger partial charge is 0.264 e. The van der Waals surface area contributed by atoms with Crippen molar-refractivity contribution in [2.24, 2.45) is 5.10 Å². The Hall–Kier alpha value is -3.07. The molecular formula is C24H31N3O5S. The molecule has 0 heterocycles. The van der Waals surface area contributed by atoms with Crippen LogP contribution in [0, 0.1) is 0 Å². The second-order valence-electron chi connectivity index (χ2n) is 7.84. The maximum atomic E-state index is 13.5. The molecule has 2 aromatic carbocycles. The highest BCUT2D eigenvalue weighted by Crippen LogP contribution is 2.32. The summed E-state index contributed by atoms with van der Waals surface area (Å²) in [5.41, 5.74) is 3.78. The number of hydrazone groups is 1. The molecule has 0 unspecified atom stereocenters. The highest BCUT2D eigenvalue weighted by Gasteiger charge is 2.29. The van der Waals surface area contributed by atoms with E-state index in [-0.39, 0.29) is 10.6 Å². The lowest BCUT2D eigenvalue weighted by molar-refractivity contribution is -0.119. The van der Waals surface area contributed by atoms with Crippen molar-refractivity contribution in [3.8, 4) is 11.5 Å². The zero-order chi connectivity index (χ0) is 23.7. The molecule has 8 nitrogen and oxygen atoms in total. The number of nitrogens with zero attached hydrogens (tertiary/aromatic N) is 2. The van der Waals surface area contributed by atoms with E-state index in [2.05, 4.69) is 10.5 Å². The van der Waals surface area contributed by atoms with Gasteiger partial charge in [-0.25, -0.2) is 13.8 Å². The molecule has 1 fully saturated rings. The number of nitrogens with one attached hydrogen (secondary N) is 1. The van der Waals surface area contributed by atoms with Crippen LogP contribution >= 0.6 is 0 Å². The maximum absolute atomic E-state index is 13.5. The third kappa shape index (κ3) is 6.47. The van der Waals surface area contributed by atoms with Crippen molar-refractivity contribution in [3.05, 3.63) is 48.5 Å². The molecular weight excluding hydrogens is 442 g/mol. The van der Waals surface area contributed by atoms with E-state index in [4.69, 9.17) is 9.47 Å². The fourth-order valence-electron chi connectivity index (χ4n) is 3.74. The fourth-order valence-corrected chi connectivity index (χ4v) is 5.17. The van der Waals surface area contributed by atoms with Gasteiger partial charge in [0, 0.05) is 5.71 Å². The van der Waals surface area contributed by atoms with Crippen LogP contribution in [0.3, 0.4) is 0 Å². The van der Waals surface area contributed by atoms with Crippen LogP contribution in [0.5, 0.6) is 11.5 Å². The van der Waals surface area contributed by atoms with Crippen molar-refractivity contribution >= 4 is 27.3 Å². The minimum atomic E-state index is -4.07. The molecule has 0 radical (unpaired) electrons. The standard InChI is InChI=1S/C24H31N3O5S/c1-31-20-14-16-21(17-15-20)33(29,30)27(22-12-8-9-13-23(22)32-2)18-24(28)26-25-19-10-6-4-3-5-7-11-19/h8-9,12-17H,3-7,10-11,18H2,1-2H3,(H,26,28). The van der Waals surface area contributed by atoms with E-state index in [1.807, 2.05) is 0 Å². The summed E-state index contributed by atoms with van der Waals surface area (Å²) < 4.78 is 38.6. The fraction of sp³-hybridized carbons (Fsp3) is 0.417. The molecule has 0 saturated heterocycles. The van der Waals surface area contributed by atoms with Crippen LogP contribution in [0.2, 0.25) is 0 Å². The molecule has 1 N–H and O–H groups in total. The quantitative estimate of drug-likeness (QED) is 0.582. The van der Waals surface area contributed by atoms with E-state index in [0.717, 1.165) is 48.5 Å². The largest absolute Gasteiger partial charge is 0.497 e. The summed E-state index contributed by atoms with van der Waals surface area (Å²) in [7, 11) is -1.11. The summed E-state index contributed by atoms with van der Waals surface area (Å²) in [6.45, 7) is -0.439. The van der Waals surface area contributed by atoms with Gasteiger partial charge in [-0.1, -0.05) is 31.4 Å². The van der Waals surface area contributed by atoms with Gasteiger partial charge in [-0.2, -0.15) is 5.10 Å². The van der Waals surface area contributed by atoms with Gasteiger partial charge >= 0.3 is 0 Å². The van der Waals surface area contributed by atoms with E-state index >= 15 is 0 Å². The summed E-state index contributed by atoms with van der Waals surface area (Å²) in [5.74, 6) is 0.354. The summed E-state index contributed by atoms with van der Waals surface area (Å²) >= 11 is 0. The first kappa shape index (κ1) is 24.6. The Balaban J connectivity index is 1.87. The lowest BCUT2D eigenvalue weighted by Gasteiger charge is -2.25. The number of sulfonamides is 1. The molecule has 0 bridgehead atoms. The van der Waals surface area contributed by atoms with Crippen LogP contribution in [0.15, 0.2) is 58.5 Å². The number of para-hydroxylation sites is 2. The Morgan fingerprint density at radius 1 is 0.939 bits per heavy atom. The average molecular weight is 474 g/mol. The molecule has 9 heteroatoms. The van der Waals surface area contributed by atoms with Crippen LogP contribution in [0.1, 0.15) is 44.9 Å². The topological polar surface area (TPSA) is 97.3 Å². The number of hydrogen-bond donors (Lipinski definition) is 1. The first-order valence-corrected chi connectivity index (χ1v) is 12.5. The Morgan fingerprint density at radius 3 is 2.21 bits per heavy atom. The third-order valence-electron chi connectivity index (χ3n) is 5.56. The molecule has 0 aromatic heterocycles. The predicted molar refractivity (Wildman–Crippen MR) is 128 cm³/mol. The summed E-state index contributed by atoms with van der Waals surface area (Å²) in [5, 5.41) is 4.30. The second-order valence-corrected chi connectivity index (χ2v) is 9.70. The molecule has 1 amide bonds. The van der Waals surface area contributed by atoms with Gasteiger partial charge in [-0.3, -0.25) is 9.10 Å². The van der Waals surface area contributed by atoms with E-state index in [9.17, 15) is 13.2 Å². The van der Waals surface area contributed by atoms with E-state index in [0.29, 0.717) is 11.5 Å². The van der Waals surface area contributed by atoms with Gasteiger partial charge in [0.1, 0.15) is 18.0 Å². The molecule has 1 aliphatic carbocycles. The summed E-state index contributed by atoms with van der Waals surface area (Å²) in [6, 6.07) is 12.7. The van der Waals surface area contributed by atoms with Gasteiger partial charge in [0.15, 0.2) is 0 Å². The van der Waals surface area contributed by atoms with Gasteiger partial charge in [-0.15, -0.1) is 0 Å². The van der Waals surface area contributed by atoms with Crippen LogP contribution < -0.4 is 19.2 Å². The van der Waals surface area contributed by atoms with Crippen molar-refractivity contribution in [1.82, 2.24) is 5.43 Å². The molecule has 0 spiro atoms. The molecule has 2 aromatic rings. The van der Waals surface area contributed by atoms with Crippen molar-refractivity contribution in [3.63, 3.8) is 0 Å². The number of carbonyl (C=O) groups excluding carboxylic acids is 1. The minimum Gasteiger partial charge on any atom is -0.497 e. The van der Waals surface area contributed by atoms with Gasteiger partial charge in [0.25, 0.3) is 15.9 Å². The van der Waals surface area contributed by atoms with E-state index in [1.165, 1.54) is 32.8 Å². The SMILES string of the molecule is COc1ccc(S(=O)(=O)N(CC(=O)NN=C2CCCCCCC2)c2ccccc2OC)cc1. The zero-order valence-electron chi connectivity index (χ0n) is 19.1. The van der Waals surface area contributed by atoms with Crippen molar-refractivity contribution in [2.45, 2.75) is 49.8 Å². The molecule has 1 aliphatic rings. The predicted octanol–water partition coefficient (Wildman–Crippen LogP) is 4.12. The molecule has 0 atom stereocenters. The zero-order valence-corrected chi connectivity index (χ0v) is 19.9. The molecule has 1 saturated carbocycles. The number of benzene rings is 2. The number of methoxy groups -OCH3 is 2. The highest BCUT2D eigenvalue weighted by molar-refractivity contribution is 7.92. The first-order valence-electron chi connectivity index (χ1n) is 11.1. The number of carbonyl (C=O) groups is 1. The molecule has 0 aliphatic heterocycles. The summed E-state index contributed by atoms with van der Waals surface area (Å²) in [4.78, 5) is 12.9. The van der Waals surface area contributed by atoms with Crippen LogP contribution in [0.4, 0.5) is 5.69 Å². The lowest BCUT2D eigenvalue weighted by atomic mass is 9.99. The third-order valence-corrected chi connectivity index (χ3v) is 7.33. The van der Waals surface area contributed by atoms with E-state index in [1.54, 1.807) is 36.4 Å². The Kier molecular flexibility index (Phi) is 8.71. The van der Waals surface area contributed by atoms with Crippen LogP contribution in [0.25, 0.3) is 0 Å². The Labute approximate surface area is 195 Å². The maximum Gasteiger partial charge on any atom is 0.264 e. The molecule has 33 heavy (non-hydrogen) atoms. The molecule has 178 valence electrons. The van der Waals surface area contributed by atoms with Gasteiger partial charge in [-0.05, 0) is 62.1 Å². The number of amides is 1. The first-order chi connectivity index (χ1) is 16.0. The van der Waals surface area contributed by atoms with Crippen LogP contribution in [-0.2, 0) is 14.8 Å². The Morgan fingerprint density at radius 2 is 1.58 bits per heavy atom. The highest BCUT2D eigenvalue weighted by atomic mass is 32.2. The van der Waals surface area contributed by atoms with Crippen molar-refractivity contribution < 1.29 is 22.7 Å².